The first kappa shape index (κ1) is 22.2. The first-order valence-corrected chi connectivity index (χ1v) is 10.4. The lowest BCUT2D eigenvalue weighted by molar-refractivity contribution is 0.102. The minimum Gasteiger partial charge on any atom is -0.496 e. The number of aromatic nitrogens is 2. The molecule has 0 fully saturated rings. The molecule has 0 saturated heterocycles. The highest BCUT2D eigenvalue weighted by atomic mass is 35.5. The summed E-state index contributed by atoms with van der Waals surface area (Å²) in [5, 5.41) is 7.67. The minimum absolute atomic E-state index is 0.131. The van der Waals surface area contributed by atoms with Crippen LogP contribution in [0.15, 0.2) is 77.6 Å². The number of aryl methyl sites for hydroxylation is 1. The Morgan fingerprint density at radius 1 is 1.06 bits per heavy atom. The number of carbonyl (C=O) groups is 1. The summed E-state index contributed by atoms with van der Waals surface area (Å²) in [6, 6.07) is 18.9. The molecule has 1 aromatic heterocycles. The van der Waals surface area contributed by atoms with E-state index in [2.05, 4.69) is 10.4 Å². The zero-order valence-corrected chi connectivity index (χ0v) is 18.6. The Hall–Kier alpha value is -3.97. The molecule has 4 rings (SSSR count). The normalized spacial score (nSPS) is 10.7. The quantitative estimate of drug-likeness (QED) is 0.438. The number of nitrogens with zero attached hydrogens (tertiary/aromatic N) is 2. The van der Waals surface area contributed by atoms with Crippen molar-refractivity contribution in [1.82, 2.24) is 9.78 Å². The zero-order valence-electron chi connectivity index (χ0n) is 17.8. The summed E-state index contributed by atoms with van der Waals surface area (Å²) in [5.74, 6) is -0.414. The van der Waals surface area contributed by atoms with Gasteiger partial charge in [-0.1, -0.05) is 35.9 Å². The number of ether oxygens (including phenoxy) is 1. The monoisotopic (exact) mass is 463 g/mol. The number of methoxy groups -OCH3 is 1. The molecule has 0 atom stereocenters. The van der Waals surface area contributed by atoms with Crippen LogP contribution in [0.1, 0.15) is 16.1 Å². The fraction of sp³-hybridized carbons (Fsp3) is 0.0800. The lowest BCUT2D eigenvalue weighted by Gasteiger charge is -2.19. The topological polar surface area (TPSA) is 73.2 Å². The van der Waals surface area contributed by atoms with Crippen LogP contribution in [0.4, 0.5) is 10.2 Å². The third-order valence-corrected chi connectivity index (χ3v) is 5.26. The van der Waals surface area contributed by atoms with Gasteiger partial charge in [0.2, 0.25) is 5.43 Å². The minimum atomic E-state index is -0.535. The fourth-order valence-corrected chi connectivity index (χ4v) is 3.62. The number of hydrogen-bond acceptors (Lipinski definition) is 4. The summed E-state index contributed by atoms with van der Waals surface area (Å²) >= 11 is 6.19. The molecule has 0 saturated carbocycles. The van der Waals surface area contributed by atoms with Crippen LogP contribution in [0.2, 0.25) is 5.02 Å². The molecule has 166 valence electrons. The number of benzene rings is 3. The second kappa shape index (κ2) is 9.26. The van der Waals surface area contributed by atoms with Crippen LogP contribution in [0.5, 0.6) is 5.75 Å². The molecule has 0 spiro atoms. The lowest BCUT2D eigenvalue weighted by atomic mass is 10.0. The van der Waals surface area contributed by atoms with Crippen LogP contribution in [0.3, 0.4) is 0 Å². The van der Waals surface area contributed by atoms with E-state index in [0.717, 1.165) is 0 Å². The Bertz CT molecular complexity index is 1400. The molecule has 0 bridgehead atoms. The number of para-hydroxylation sites is 1. The van der Waals surface area contributed by atoms with Crippen molar-refractivity contribution in [2.45, 2.75) is 6.92 Å². The van der Waals surface area contributed by atoms with E-state index in [1.54, 1.807) is 55.5 Å². The highest BCUT2D eigenvalue weighted by Gasteiger charge is 2.23. The average Bonchev–Trinajstić information content (AvgIpc) is 2.82. The van der Waals surface area contributed by atoms with Crippen LogP contribution >= 0.6 is 11.6 Å². The highest BCUT2D eigenvalue weighted by Crippen LogP contribution is 2.34. The molecule has 3 aromatic carbocycles. The van der Waals surface area contributed by atoms with Gasteiger partial charge in [0, 0.05) is 16.1 Å². The maximum Gasteiger partial charge on any atom is 0.256 e. The van der Waals surface area contributed by atoms with Gasteiger partial charge in [0.1, 0.15) is 23.1 Å². The second-order valence-electron chi connectivity index (χ2n) is 7.19. The molecule has 1 heterocycles. The number of hydrogen-bond donors (Lipinski definition) is 1. The van der Waals surface area contributed by atoms with Crippen molar-refractivity contribution in [2.75, 3.05) is 12.4 Å². The summed E-state index contributed by atoms with van der Waals surface area (Å²) in [6.07, 6.45) is 0. The Kier molecular flexibility index (Phi) is 6.24. The van der Waals surface area contributed by atoms with Gasteiger partial charge in [-0.2, -0.15) is 5.10 Å². The highest BCUT2D eigenvalue weighted by molar-refractivity contribution is 6.30. The number of rotatable bonds is 5. The van der Waals surface area contributed by atoms with Crippen LogP contribution in [0.25, 0.3) is 16.8 Å². The van der Waals surface area contributed by atoms with Gasteiger partial charge in [0.25, 0.3) is 5.91 Å². The third-order valence-electron chi connectivity index (χ3n) is 5.02. The van der Waals surface area contributed by atoms with E-state index in [0.29, 0.717) is 22.0 Å². The van der Waals surface area contributed by atoms with Crippen molar-refractivity contribution in [3.8, 4) is 22.6 Å². The van der Waals surface area contributed by atoms with E-state index in [1.807, 2.05) is 0 Å². The SMILES string of the molecule is COc1ccccc1-c1c(NC(=O)c2ccc(F)cc2)n(-c2cccc(Cl)c2)nc(C)c1=O. The number of carbonyl (C=O) groups excluding carboxylic acids is 1. The number of nitrogens with one attached hydrogen (secondary N) is 1. The number of anilines is 1. The molecule has 0 aliphatic rings. The van der Waals surface area contributed by atoms with Gasteiger partial charge in [-0.15, -0.1) is 0 Å². The number of halogens is 2. The van der Waals surface area contributed by atoms with Crippen molar-refractivity contribution >= 4 is 23.3 Å². The summed E-state index contributed by atoms with van der Waals surface area (Å²) in [5.41, 5.74) is 1.29. The van der Waals surface area contributed by atoms with E-state index < -0.39 is 11.7 Å². The van der Waals surface area contributed by atoms with Crippen LogP contribution < -0.4 is 15.5 Å². The van der Waals surface area contributed by atoms with E-state index in [4.69, 9.17) is 16.3 Å². The van der Waals surface area contributed by atoms with Gasteiger partial charge in [0.15, 0.2) is 0 Å². The zero-order chi connectivity index (χ0) is 23.5. The van der Waals surface area contributed by atoms with E-state index in [1.165, 1.54) is 36.1 Å². The van der Waals surface area contributed by atoms with E-state index in [-0.39, 0.29) is 28.1 Å². The van der Waals surface area contributed by atoms with Crippen molar-refractivity contribution < 1.29 is 13.9 Å². The van der Waals surface area contributed by atoms with E-state index in [9.17, 15) is 14.0 Å². The van der Waals surface area contributed by atoms with E-state index >= 15 is 0 Å². The smallest absolute Gasteiger partial charge is 0.256 e. The molecule has 1 N–H and O–H groups in total. The Morgan fingerprint density at radius 3 is 2.48 bits per heavy atom. The maximum atomic E-state index is 13.4. The predicted molar refractivity (Wildman–Crippen MR) is 126 cm³/mol. The molecule has 1 amide bonds. The Labute approximate surface area is 194 Å². The maximum absolute atomic E-state index is 13.4. The summed E-state index contributed by atoms with van der Waals surface area (Å²) in [6.45, 7) is 1.59. The van der Waals surface area contributed by atoms with Gasteiger partial charge >= 0.3 is 0 Å². The molecular weight excluding hydrogens is 445 g/mol. The third kappa shape index (κ3) is 4.49. The van der Waals surface area contributed by atoms with Crippen LogP contribution in [-0.4, -0.2) is 22.8 Å². The molecule has 0 radical (unpaired) electrons. The molecule has 0 aliphatic carbocycles. The Balaban J connectivity index is 2.00. The van der Waals surface area contributed by atoms with Crippen molar-refractivity contribution in [3.63, 3.8) is 0 Å². The lowest BCUT2D eigenvalue weighted by Crippen LogP contribution is -2.25. The van der Waals surface area contributed by atoms with Gasteiger partial charge in [-0.25, -0.2) is 9.07 Å². The molecule has 0 aliphatic heterocycles. The number of amides is 1. The molecule has 4 aromatic rings. The standard InChI is InChI=1S/C25H19ClFN3O3/c1-15-23(31)22(20-8-3-4-9-21(20)33-2)24(28-25(32)16-10-12-18(27)13-11-16)30(29-15)19-7-5-6-17(26)14-19/h3-14H,1-2H3,(H,28,32). The van der Waals surface area contributed by atoms with Crippen molar-refractivity contribution in [2.24, 2.45) is 0 Å². The summed E-state index contributed by atoms with van der Waals surface area (Å²) < 4.78 is 20.3. The van der Waals surface area contributed by atoms with Gasteiger partial charge in [-0.3, -0.25) is 9.59 Å². The van der Waals surface area contributed by atoms with Crippen molar-refractivity contribution in [1.29, 1.82) is 0 Å². The first-order chi connectivity index (χ1) is 15.9. The summed E-state index contributed by atoms with van der Waals surface area (Å²) in [4.78, 5) is 26.4. The predicted octanol–water partition coefficient (Wildman–Crippen LogP) is 5.26. The van der Waals surface area contributed by atoms with Crippen molar-refractivity contribution in [3.05, 3.63) is 105 Å². The molecule has 6 nitrogen and oxygen atoms in total. The Morgan fingerprint density at radius 2 is 1.79 bits per heavy atom. The molecule has 8 heteroatoms. The largest absolute Gasteiger partial charge is 0.496 e. The molecular formula is C25H19ClFN3O3. The second-order valence-corrected chi connectivity index (χ2v) is 7.63. The molecule has 0 unspecified atom stereocenters. The van der Waals surface area contributed by atoms with Gasteiger partial charge in [-0.05, 0) is 55.5 Å². The molecule has 33 heavy (non-hydrogen) atoms. The van der Waals surface area contributed by atoms with Gasteiger partial charge in [0.05, 0.1) is 18.4 Å². The average molecular weight is 464 g/mol. The fourth-order valence-electron chi connectivity index (χ4n) is 3.43. The van der Waals surface area contributed by atoms with Gasteiger partial charge < -0.3 is 10.1 Å². The first-order valence-electron chi connectivity index (χ1n) is 9.99. The summed E-state index contributed by atoms with van der Waals surface area (Å²) in [7, 11) is 1.50. The van der Waals surface area contributed by atoms with Crippen LogP contribution in [-0.2, 0) is 0 Å². The van der Waals surface area contributed by atoms with Crippen LogP contribution in [0, 0.1) is 12.7 Å².